The molecule has 0 unspecified atom stereocenters. The van der Waals surface area contributed by atoms with Crippen LogP contribution < -0.4 is 10.6 Å². The third kappa shape index (κ3) is 3.55. The van der Waals surface area contributed by atoms with Crippen molar-refractivity contribution in [3.05, 3.63) is 29.4 Å². The molecule has 0 aliphatic rings. The number of pyridine rings is 1. The summed E-state index contributed by atoms with van der Waals surface area (Å²) < 4.78 is 0.934. The Morgan fingerprint density at radius 1 is 1.67 bits per heavy atom. The molecule has 2 N–H and O–H groups in total. The largest absolute Gasteiger partial charge is 0.397 e. The average molecular weight is 270 g/mol. The van der Waals surface area contributed by atoms with E-state index in [4.69, 9.17) is 5.73 Å². The molecule has 0 aliphatic heterocycles. The van der Waals surface area contributed by atoms with Crippen LogP contribution in [0.25, 0.3) is 0 Å². The highest BCUT2D eigenvalue weighted by Crippen LogP contribution is 2.24. The predicted octanol–water partition coefficient (Wildman–Crippen LogP) is 2.83. The summed E-state index contributed by atoms with van der Waals surface area (Å²) in [6, 6.07) is 1.87. The van der Waals surface area contributed by atoms with Crippen LogP contribution in [0.1, 0.15) is 12.8 Å². The smallest absolute Gasteiger partial charge is 0.142 e. The van der Waals surface area contributed by atoms with Gasteiger partial charge in [0, 0.05) is 13.6 Å². The number of hydrogen-bond donors (Lipinski definition) is 1. The molecule has 1 aromatic heterocycles. The van der Waals surface area contributed by atoms with Gasteiger partial charge >= 0.3 is 0 Å². The third-order valence-corrected chi connectivity index (χ3v) is 2.69. The molecule has 4 heteroatoms. The molecule has 0 bridgehead atoms. The third-order valence-electron chi connectivity index (χ3n) is 2.11. The van der Waals surface area contributed by atoms with Gasteiger partial charge in [0.25, 0.3) is 0 Å². The fourth-order valence-electron chi connectivity index (χ4n) is 1.31. The second kappa shape index (κ2) is 5.75. The highest BCUT2D eigenvalue weighted by Gasteiger charge is 2.06. The summed E-state index contributed by atoms with van der Waals surface area (Å²) in [5, 5.41) is 0. The molecule has 0 atom stereocenters. The number of nitrogen functional groups attached to an aromatic ring is 1. The predicted molar refractivity (Wildman–Crippen MR) is 69.1 cm³/mol. The molecule has 0 radical (unpaired) electrons. The maximum atomic E-state index is 5.63. The van der Waals surface area contributed by atoms with Gasteiger partial charge in [-0.05, 0) is 34.8 Å². The van der Waals surface area contributed by atoms with Gasteiger partial charge in [0.1, 0.15) is 5.82 Å². The molecule has 0 aliphatic carbocycles. The van der Waals surface area contributed by atoms with Gasteiger partial charge in [-0.25, -0.2) is 4.98 Å². The van der Waals surface area contributed by atoms with Gasteiger partial charge < -0.3 is 10.6 Å². The van der Waals surface area contributed by atoms with Crippen molar-refractivity contribution in [2.24, 2.45) is 0 Å². The second-order valence-electron chi connectivity index (χ2n) is 3.43. The molecular formula is C11H16BrN3. The first kappa shape index (κ1) is 12.0. The van der Waals surface area contributed by atoms with Gasteiger partial charge in [-0.1, -0.05) is 6.08 Å². The molecule has 0 fully saturated rings. The van der Waals surface area contributed by atoms with Crippen molar-refractivity contribution in [2.75, 3.05) is 24.2 Å². The fourth-order valence-corrected chi connectivity index (χ4v) is 1.97. The Hall–Kier alpha value is -1.03. The quantitative estimate of drug-likeness (QED) is 0.660. The number of allylic oxidation sites excluding steroid dienone is 1. The first-order chi connectivity index (χ1) is 7.15. The fraction of sp³-hybridized carbons (Fsp3) is 0.364. The summed E-state index contributed by atoms with van der Waals surface area (Å²) in [5.74, 6) is 0.924. The van der Waals surface area contributed by atoms with E-state index in [2.05, 4.69) is 32.4 Å². The van der Waals surface area contributed by atoms with Gasteiger partial charge in [0.15, 0.2) is 0 Å². The Bertz CT molecular complexity index is 339. The summed E-state index contributed by atoms with van der Waals surface area (Å²) >= 11 is 3.45. The Morgan fingerprint density at radius 2 is 2.40 bits per heavy atom. The van der Waals surface area contributed by atoms with E-state index in [0.29, 0.717) is 5.69 Å². The topological polar surface area (TPSA) is 42.2 Å². The molecule has 0 aromatic carbocycles. The van der Waals surface area contributed by atoms with E-state index < -0.39 is 0 Å². The number of aromatic nitrogens is 1. The van der Waals surface area contributed by atoms with Crippen molar-refractivity contribution in [3.63, 3.8) is 0 Å². The number of nitrogens with zero attached hydrogens (tertiary/aromatic N) is 2. The van der Waals surface area contributed by atoms with Gasteiger partial charge in [0.2, 0.25) is 0 Å². The number of nitrogens with two attached hydrogens (primary N) is 1. The molecule has 0 saturated heterocycles. The van der Waals surface area contributed by atoms with Crippen LogP contribution in [-0.2, 0) is 0 Å². The zero-order chi connectivity index (χ0) is 11.3. The number of rotatable bonds is 5. The van der Waals surface area contributed by atoms with E-state index in [9.17, 15) is 0 Å². The maximum absolute atomic E-state index is 5.63. The molecule has 1 aromatic rings. The van der Waals surface area contributed by atoms with E-state index in [0.717, 1.165) is 29.7 Å². The Morgan fingerprint density at radius 3 is 3.00 bits per heavy atom. The maximum Gasteiger partial charge on any atom is 0.142 e. The first-order valence-electron chi connectivity index (χ1n) is 4.88. The van der Waals surface area contributed by atoms with Crippen molar-refractivity contribution in [1.82, 2.24) is 4.98 Å². The van der Waals surface area contributed by atoms with Crippen LogP contribution in [0.2, 0.25) is 0 Å². The molecule has 1 rings (SSSR count). The van der Waals surface area contributed by atoms with Crippen LogP contribution in [0.4, 0.5) is 11.5 Å². The standard InChI is InChI=1S/C11H16BrN3/c1-3-4-5-6-15(2)11-10(12)7-9(13)8-14-11/h3,7-8H,1,4-6,13H2,2H3. The number of unbranched alkanes of at least 4 members (excludes halogenated alkanes) is 1. The van der Waals surface area contributed by atoms with Crippen molar-refractivity contribution in [3.8, 4) is 0 Å². The molecule has 1 heterocycles. The van der Waals surface area contributed by atoms with Crippen LogP contribution in [0, 0.1) is 0 Å². The van der Waals surface area contributed by atoms with E-state index >= 15 is 0 Å². The van der Waals surface area contributed by atoms with Crippen molar-refractivity contribution in [1.29, 1.82) is 0 Å². The highest BCUT2D eigenvalue weighted by molar-refractivity contribution is 9.10. The van der Waals surface area contributed by atoms with Gasteiger partial charge in [-0.15, -0.1) is 6.58 Å². The Labute approximate surface area is 99.1 Å². The van der Waals surface area contributed by atoms with Gasteiger partial charge in [0.05, 0.1) is 16.4 Å². The zero-order valence-electron chi connectivity index (χ0n) is 8.91. The number of halogens is 1. The molecule has 0 saturated carbocycles. The Balaban J connectivity index is 2.64. The van der Waals surface area contributed by atoms with Gasteiger partial charge in [-0.3, -0.25) is 0 Å². The normalized spacial score (nSPS) is 10.0. The summed E-state index contributed by atoms with van der Waals surface area (Å²) in [6.07, 6.45) is 5.71. The SMILES string of the molecule is C=CCCCN(C)c1ncc(N)cc1Br. The lowest BCUT2D eigenvalue weighted by Crippen LogP contribution is -2.20. The molecule has 3 nitrogen and oxygen atoms in total. The van der Waals surface area contributed by atoms with E-state index in [1.165, 1.54) is 0 Å². The minimum Gasteiger partial charge on any atom is -0.397 e. The summed E-state index contributed by atoms with van der Waals surface area (Å²) in [5.41, 5.74) is 6.30. The van der Waals surface area contributed by atoms with Crippen molar-refractivity contribution >= 4 is 27.4 Å². The highest BCUT2D eigenvalue weighted by atomic mass is 79.9. The van der Waals surface area contributed by atoms with Crippen LogP contribution in [-0.4, -0.2) is 18.6 Å². The van der Waals surface area contributed by atoms with Crippen LogP contribution in [0.5, 0.6) is 0 Å². The molecule has 0 amide bonds. The van der Waals surface area contributed by atoms with Crippen molar-refractivity contribution in [2.45, 2.75) is 12.8 Å². The minimum atomic E-state index is 0.671. The van der Waals surface area contributed by atoms with E-state index in [1.54, 1.807) is 6.20 Å². The monoisotopic (exact) mass is 269 g/mol. The summed E-state index contributed by atoms with van der Waals surface area (Å²) in [6.45, 7) is 4.66. The minimum absolute atomic E-state index is 0.671. The summed E-state index contributed by atoms with van der Waals surface area (Å²) in [4.78, 5) is 6.39. The number of hydrogen-bond acceptors (Lipinski definition) is 3. The average Bonchev–Trinajstić information content (AvgIpc) is 2.17. The molecule has 82 valence electrons. The summed E-state index contributed by atoms with van der Waals surface area (Å²) in [7, 11) is 2.02. The van der Waals surface area contributed by atoms with Crippen LogP contribution in [0.15, 0.2) is 29.4 Å². The zero-order valence-corrected chi connectivity index (χ0v) is 10.5. The van der Waals surface area contributed by atoms with Crippen molar-refractivity contribution < 1.29 is 0 Å². The van der Waals surface area contributed by atoms with Crippen LogP contribution >= 0.6 is 15.9 Å². The molecule has 0 spiro atoms. The van der Waals surface area contributed by atoms with E-state index in [1.807, 2.05) is 19.2 Å². The lowest BCUT2D eigenvalue weighted by molar-refractivity contribution is 0.791. The first-order valence-corrected chi connectivity index (χ1v) is 5.67. The lowest BCUT2D eigenvalue weighted by Gasteiger charge is -2.19. The van der Waals surface area contributed by atoms with Crippen LogP contribution in [0.3, 0.4) is 0 Å². The lowest BCUT2D eigenvalue weighted by atomic mass is 10.3. The Kier molecular flexibility index (Phi) is 4.62. The number of anilines is 2. The molecule has 15 heavy (non-hydrogen) atoms. The molecular weight excluding hydrogens is 254 g/mol. The second-order valence-corrected chi connectivity index (χ2v) is 4.28. The van der Waals surface area contributed by atoms with Gasteiger partial charge in [-0.2, -0.15) is 0 Å². The van der Waals surface area contributed by atoms with E-state index in [-0.39, 0.29) is 0 Å².